The molecule has 4 aromatic rings. The maximum atomic E-state index is 13.5. The fourth-order valence-electron chi connectivity index (χ4n) is 3.84. The number of hydrogen-bond donors (Lipinski definition) is 0. The molecule has 30 heavy (non-hydrogen) atoms. The highest BCUT2D eigenvalue weighted by atomic mass is 79.9. The van der Waals surface area contributed by atoms with Gasteiger partial charge in [-0.25, -0.2) is 4.98 Å². The third-order valence-electron chi connectivity index (χ3n) is 5.31. The molecule has 0 saturated heterocycles. The third-order valence-corrected chi connectivity index (χ3v) is 5.81. The van der Waals surface area contributed by atoms with Crippen LogP contribution in [0.25, 0.3) is 11.0 Å². The fraction of sp³-hybridized carbons (Fsp3) is 0.167. The standard InChI is InChI=1S/C24H20BrN3O2/c25-19-8-4-7-18(13-19)24(29)28(15-17-5-2-1-3-6-17)20-9-10-22-21(14-20)26-23-16-30-12-11-27(22)23/h1-10,13-14H,11-12,15-16H2. The van der Waals surface area contributed by atoms with Crippen molar-refractivity contribution in [2.75, 3.05) is 11.5 Å². The number of fused-ring (bicyclic) bond motifs is 3. The number of anilines is 1. The van der Waals surface area contributed by atoms with Crippen LogP contribution in [0, 0.1) is 0 Å². The van der Waals surface area contributed by atoms with E-state index < -0.39 is 0 Å². The van der Waals surface area contributed by atoms with Gasteiger partial charge in [0.05, 0.1) is 24.2 Å². The quantitative estimate of drug-likeness (QED) is 0.420. The van der Waals surface area contributed by atoms with Gasteiger partial charge >= 0.3 is 0 Å². The molecule has 2 heterocycles. The lowest BCUT2D eigenvalue weighted by Gasteiger charge is -2.23. The fourth-order valence-corrected chi connectivity index (χ4v) is 4.24. The number of benzene rings is 3. The van der Waals surface area contributed by atoms with Crippen LogP contribution in [0.4, 0.5) is 5.69 Å². The summed E-state index contributed by atoms with van der Waals surface area (Å²) in [6, 6.07) is 23.6. The number of amides is 1. The average Bonchev–Trinajstić information content (AvgIpc) is 3.15. The van der Waals surface area contributed by atoms with E-state index >= 15 is 0 Å². The van der Waals surface area contributed by atoms with Crippen molar-refractivity contribution in [2.24, 2.45) is 0 Å². The van der Waals surface area contributed by atoms with Crippen LogP contribution in [-0.4, -0.2) is 22.1 Å². The Kier molecular flexibility index (Phi) is 5.11. The summed E-state index contributed by atoms with van der Waals surface area (Å²) < 4.78 is 8.61. The second kappa shape index (κ2) is 8.05. The molecule has 0 fully saturated rings. The third kappa shape index (κ3) is 3.64. The summed E-state index contributed by atoms with van der Waals surface area (Å²) in [5, 5.41) is 0. The van der Waals surface area contributed by atoms with E-state index in [-0.39, 0.29) is 5.91 Å². The smallest absolute Gasteiger partial charge is 0.258 e. The molecule has 0 aliphatic carbocycles. The molecule has 3 aromatic carbocycles. The molecular weight excluding hydrogens is 442 g/mol. The molecule has 0 radical (unpaired) electrons. The van der Waals surface area contributed by atoms with E-state index in [0.29, 0.717) is 25.3 Å². The highest BCUT2D eigenvalue weighted by Gasteiger charge is 2.21. The Bertz CT molecular complexity index is 1220. The van der Waals surface area contributed by atoms with E-state index in [1.54, 1.807) is 0 Å². The minimum absolute atomic E-state index is 0.0493. The number of imidazole rings is 1. The van der Waals surface area contributed by atoms with Gasteiger partial charge < -0.3 is 14.2 Å². The zero-order chi connectivity index (χ0) is 20.5. The van der Waals surface area contributed by atoms with Crippen LogP contribution in [-0.2, 0) is 24.4 Å². The zero-order valence-electron chi connectivity index (χ0n) is 16.3. The van der Waals surface area contributed by atoms with Gasteiger partial charge in [0.25, 0.3) is 5.91 Å². The highest BCUT2D eigenvalue weighted by molar-refractivity contribution is 9.10. The number of rotatable bonds is 4. The lowest BCUT2D eigenvalue weighted by molar-refractivity contribution is 0.0830. The molecule has 0 saturated carbocycles. The molecule has 6 heteroatoms. The van der Waals surface area contributed by atoms with Crippen LogP contribution in [0.15, 0.2) is 77.3 Å². The van der Waals surface area contributed by atoms with Gasteiger partial charge in [-0.1, -0.05) is 52.3 Å². The van der Waals surface area contributed by atoms with Gasteiger partial charge in [-0.3, -0.25) is 4.79 Å². The van der Waals surface area contributed by atoms with Gasteiger partial charge in [0.15, 0.2) is 0 Å². The number of carbonyl (C=O) groups excluding carboxylic acids is 1. The minimum atomic E-state index is -0.0493. The number of ether oxygens (including phenoxy) is 1. The number of carbonyl (C=O) groups is 1. The molecule has 1 aromatic heterocycles. The van der Waals surface area contributed by atoms with Gasteiger partial charge in [-0.2, -0.15) is 0 Å². The summed E-state index contributed by atoms with van der Waals surface area (Å²) in [4.78, 5) is 20.0. The van der Waals surface area contributed by atoms with Crippen molar-refractivity contribution in [3.8, 4) is 0 Å². The largest absolute Gasteiger partial charge is 0.372 e. The molecule has 5 nitrogen and oxygen atoms in total. The summed E-state index contributed by atoms with van der Waals surface area (Å²) in [5.74, 6) is 0.883. The SMILES string of the molecule is O=C(c1cccc(Br)c1)N(Cc1ccccc1)c1ccc2c(c1)nc1n2CCOC1. The molecule has 0 unspecified atom stereocenters. The van der Waals surface area contributed by atoms with Crippen molar-refractivity contribution in [1.29, 1.82) is 0 Å². The first kappa shape index (κ1) is 19.0. The van der Waals surface area contributed by atoms with Crippen molar-refractivity contribution in [3.63, 3.8) is 0 Å². The Morgan fingerprint density at radius 1 is 1.07 bits per heavy atom. The minimum Gasteiger partial charge on any atom is -0.372 e. The Labute approximate surface area is 183 Å². The molecule has 0 atom stereocenters. The van der Waals surface area contributed by atoms with Crippen LogP contribution in [0.2, 0.25) is 0 Å². The van der Waals surface area contributed by atoms with Crippen LogP contribution in [0.1, 0.15) is 21.7 Å². The van der Waals surface area contributed by atoms with E-state index in [0.717, 1.165) is 39.1 Å². The first-order valence-electron chi connectivity index (χ1n) is 9.87. The first-order chi connectivity index (χ1) is 14.7. The second-order valence-electron chi connectivity index (χ2n) is 7.29. The molecule has 5 rings (SSSR count). The molecule has 0 spiro atoms. The molecule has 1 aliphatic rings. The van der Waals surface area contributed by atoms with Gasteiger partial charge in [0.1, 0.15) is 12.4 Å². The highest BCUT2D eigenvalue weighted by Crippen LogP contribution is 2.27. The molecule has 0 N–H and O–H groups in total. The molecule has 1 aliphatic heterocycles. The van der Waals surface area contributed by atoms with E-state index in [4.69, 9.17) is 9.72 Å². The molecular formula is C24H20BrN3O2. The Morgan fingerprint density at radius 3 is 2.77 bits per heavy atom. The second-order valence-corrected chi connectivity index (χ2v) is 8.21. The van der Waals surface area contributed by atoms with Crippen molar-refractivity contribution in [1.82, 2.24) is 9.55 Å². The van der Waals surface area contributed by atoms with Crippen LogP contribution >= 0.6 is 15.9 Å². The topological polar surface area (TPSA) is 47.4 Å². The summed E-state index contributed by atoms with van der Waals surface area (Å²) in [6.07, 6.45) is 0. The predicted octanol–water partition coefficient (Wildman–Crippen LogP) is 5.18. The van der Waals surface area contributed by atoms with E-state index in [1.807, 2.05) is 71.6 Å². The summed E-state index contributed by atoms with van der Waals surface area (Å²) in [6.45, 7) is 2.50. The van der Waals surface area contributed by atoms with E-state index in [9.17, 15) is 4.79 Å². The van der Waals surface area contributed by atoms with Crippen molar-refractivity contribution >= 4 is 38.6 Å². The van der Waals surface area contributed by atoms with Crippen LogP contribution < -0.4 is 4.90 Å². The van der Waals surface area contributed by atoms with Crippen LogP contribution in [0.5, 0.6) is 0 Å². The maximum absolute atomic E-state index is 13.5. The first-order valence-corrected chi connectivity index (χ1v) is 10.7. The van der Waals surface area contributed by atoms with E-state index in [2.05, 4.69) is 26.6 Å². The predicted molar refractivity (Wildman–Crippen MR) is 120 cm³/mol. The zero-order valence-corrected chi connectivity index (χ0v) is 17.9. The molecule has 0 bridgehead atoms. The monoisotopic (exact) mass is 461 g/mol. The summed E-state index contributed by atoms with van der Waals surface area (Å²) in [5.41, 5.74) is 4.49. The molecule has 1 amide bonds. The van der Waals surface area contributed by atoms with Crippen LogP contribution in [0.3, 0.4) is 0 Å². The summed E-state index contributed by atoms with van der Waals surface area (Å²) in [7, 11) is 0. The number of aromatic nitrogens is 2. The lowest BCUT2D eigenvalue weighted by atomic mass is 10.1. The van der Waals surface area contributed by atoms with Gasteiger partial charge in [-0.15, -0.1) is 0 Å². The Hall–Kier alpha value is -2.96. The number of halogens is 1. The average molecular weight is 462 g/mol. The normalized spacial score (nSPS) is 13.2. The Morgan fingerprint density at radius 2 is 1.93 bits per heavy atom. The molecule has 150 valence electrons. The lowest BCUT2D eigenvalue weighted by Crippen LogP contribution is -2.30. The van der Waals surface area contributed by atoms with E-state index in [1.165, 1.54) is 0 Å². The Balaban J connectivity index is 1.57. The number of hydrogen-bond acceptors (Lipinski definition) is 3. The van der Waals surface area contributed by atoms with Gasteiger partial charge in [0, 0.05) is 22.3 Å². The van der Waals surface area contributed by atoms with Crippen molar-refractivity contribution < 1.29 is 9.53 Å². The van der Waals surface area contributed by atoms with Crippen molar-refractivity contribution in [3.05, 3.63) is 94.2 Å². The van der Waals surface area contributed by atoms with Gasteiger partial charge in [-0.05, 0) is 42.0 Å². The van der Waals surface area contributed by atoms with Gasteiger partial charge in [0.2, 0.25) is 0 Å². The van der Waals surface area contributed by atoms with Crippen molar-refractivity contribution in [2.45, 2.75) is 19.7 Å². The summed E-state index contributed by atoms with van der Waals surface area (Å²) >= 11 is 3.47. The number of nitrogens with zero attached hydrogens (tertiary/aromatic N) is 3. The maximum Gasteiger partial charge on any atom is 0.258 e.